The lowest BCUT2D eigenvalue weighted by molar-refractivity contribution is -0.141. The molecule has 114 valence electrons. The molecular weight excluding hydrogens is 294 g/mol. The molecule has 6 heteroatoms. The molecule has 1 fully saturated rings. The molecule has 1 aliphatic rings. The van der Waals surface area contributed by atoms with Crippen LogP contribution in [0.3, 0.4) is 0 Å². The van der Waals surface area contributed by atoms with Gasteiger partial charge >= 0.3 is 5.97 Å². The normalized spacial score (nSPS) is 22.6. The first-order valence-electron chi connectivity index (χ1n) is 6.91. The van der Waals surface area contributed by atoms with Gasteiger partial charge in [0.15, 0.2) is 6.10 Å². The van der Waals surface area contributed by atoms with Crippen molar-refractivity contribution in [1.29, 1.82) is 0 Å². The van der Waals surface area contributed by atoms with Crippen LogP contribution < -0.4 is 10.1 Å². The third-order valence-corrected chi connectivity index (χ3v) is 3.88. The number of hydrogen-bond donors (Lipinski definition) is 2. The lowest BCUT2D eigenvalue weighted by atomic mass is 10.1. The van der Waals surface area contributed by atoms with E-state index < -0.39 is 12.1 Å². The fraction of sp³-hybridized carbons (Fsp3) is 0.467. The Morgan fingerprint density at radius 3 is 2.57 bits per heavy atom. The quantitative estimate of drug-likeness (QED) is 0.876. The largest absolute Gasteiger partial charge is 0.481 e. The number of carbonyl (C=O) groups is 2. The third kappa shape index (κ3) is 4.36. The molecule has 1 aromatic carbocycles. The van der Waals surface area contributed by atoms with Crippen molar-refractivity contribution in [2.75, 3.05) is 0 Å². The van der Waals surface area contributed by atoms with Crippen LogP contribution in [-0.2, 0) is 9.59 Å². The second kappa shape index (κ2) is 6.80. The molecule has 1 aromatic rings. The number of amides is 1. The average molecular weight is 312 g/mol. The molecule has 0 aliphatic heterocycles. The first kappa shape index (κ1) is 15.6. The molecule has 2 rings (SSSR count). The number of rotatable bonds is 5. The van der Waals surface area contributed by atoms with Crippen LogP contribution in [0.25, 0.3) is 0 Å². The van der Waals surface area contributed by atoms with E-state index in [1.54, 1.807) is 31.2 Å². The van der Waals surface area contributed by atoms with Crippen molar-refractivity contribution in [2.24, 2.45) is 5.92 Å². The van der Waals surface area contributed by atoms with Crippen molar-refractivity contribution in [1.82, 2.24) is 5.32 Å². The minimum Gasteiger partial charge on any atom is -0.481 e. The van der Waals surface area contributed by atoms with Crippen molar-refractivity contribution in [2.45, 2.75) is 38.3 Å². The number of benzene rings is 1. The summed E-state index contributed by atoms with van der Waals surface area (Å²) in [5.74, 6) is -0.821. The van der Waals surface area contributed by atoms with Crippen LogP contribution in [-0.4, -0.2) is 29.1 Å². The van der Waals surface area contributed by atoms with E-state index in [0.717, 1.165) is 0 Å². The van der Waals surface area contributed by atoms with Gasteiger partial charge in [-0.3, -0.25) is 9.59 Å². The summed E-state index contributed by atoms with van der Waals surface area (Å²) in [5, 5.41) is 12.4. The molecule has 2 N–H and O–H groups in total. The highest BCUT2D eigenvalue weighted by molar-refractivity contribution is 6.30. The van der Waals surface area contributed by atoms with E-state index in [1.165, 1.54) is 0 Å². The number of aliphatic carboxylic acids is 1. The fourth-order valence-electron chi connectivity index (χ4n) is 2.43. The molecule has 5 nitrogen and oxygen atoms in total. The van der Waals surface area contributed by atoms with E-state index in [0.29, 0.717) is 30.0 Å². The number of halogens is 1. The molecular formula is C15H18ClNO4. The van der Waals surface area contributed by atoms with Gasteiger partial charge in [-0.25, -0.2) is 0 Å². The fourth-order valence-corrected chi connectivity index (χ4v) is 2.55. The number of nitrogens with one attached hydrogen (secondary N) is 1. The zero-order valence-corrected chi connectivity index (χ0v) is 12.5. The second-order valence-corrected chi connectivity index (χ2v) is 5.70. The Labute approximate surface area is 128 Å². The van der Waals surface area contributed by atoms with Gasteiger partial charge in [0.25, 0.3) is 5.91 Å². The number of hydrogen-bond acceptors (Lipinski definition) is 3. The first-order valence-corrected chi connectivity index (χ1v) is 7.29. The molecule has 0 radical (unpaired) electrons. The van der Waals surface area contributed by atoms with Crippen LogP contribution in [0.15, 0.2) is 24.3 Å². The number of ether oxygens (including phenoxy) is 1. The standard InChI is InChI=1S/C15H18ClNO4/c1-9(21-13-6-3-11(16)4-7-13)14(18)17-12-5-2-10(8-12)15(19)20/h3-4,6-7,9-10,12H,2,5,8H2,1H3,(H,17,18)(H,19,20). The Hall–Kier alpha value is -1.75. The Morgan fingerprint density at radius 1 is 1.33 bits per heavy atom. The van der Waals surface area contributed by atoms with Gasteiger partial charge in [0.2, 0.25) is 0 Å². The maximum Gasteiger partial charge on any atom is 0.306 e. The summed E-state index contributed by atoms with van der Waals surface area (Å²) in [5.41, 5.74) is 0. The second-order valence-electron chi connectivity index (χ2n) is 5.27. The SMILES string of the molecule is CC(Oc1ccc(Cl)cc1)C(=O)NC1CCC(C(=O)O)C1. The summed E-state index contributed by atoms with van der Waals surface area (Å²) in [7, 11) is 0. The average Bonchev–Trinajstić information content (AvgIpc) is 2.90. The van der Waals surface area contributed by atoms with Gasteiger partial charge < -0.3 is 15.2 Å². The maximum atomic E-state index is 12.0. The van der Waals surface area contributed by atoms with Crippen molar-refractivity contribution >= 4 is 23.5 Å². The summed E-state index contributed by atoms with van der Waals surface area (Å²) in [6.07, 6.45) is 1.13. The van der Waals surface area contributed by atoms with Crippen LogP contribution in [0.2, 0.25) is 5.02 Å². The minimum absolute atomic E-state index is 0.0881. The highest BCUT2D eigenvalue weighted by atomic mass is 35.5. The summed E-state index contributed by atoms with van der Waals surface area (Å²) >= 11 is 5.78. The van der Waals surface area contributed by atoms with Gasteiger partial charge in [-0.05, 0) is 50.5 Å². The van der Waals surface area contributed by atoms with Gasteiger partial charge in [-0.1, -0.05) is 11.6 Å². The van der Waals surface area contributed by atoms with Crippen LogP contribution in [0.5, 0.6) is 5.75 Å². The Kier molecular flexibility index (Phi) is 5.07. The summed E-state index contributed by atoms with van der Waals surface area (Å²) in [6.45, 7) is 1.66. The predicted octanol–water partition coefficient (Wildman–Crippen LogP) is 2.48. The van der Waals surface area contributed by atoms with Gasteiger partial charge in [0, 0.05) is 11.1 Å². The lowest BCUT2D eigenvalue weighted by Crippen LogP contribution is -2.41. The van der Waals surface area contributed by atoms with Crippen LogP contribution >= 0.6 is 11.6 Å². The molecule has 21 heavy (non-hydrogen) atoms. The van der Waals surface area contributed by atoms with E-state index in [9.17, 15) is 9.59 Å². The van der Waals surface area contributed by atoms with Gasteiger partial charge in [0.1, 0.15) is 5.75 Å². The molecule has 0 aromatic heterocycles. The van der Waals surface area contributed by atoms with Crippen molar-refractivity contribution < 1.29 is 19.4 Å². The maximum absolute atomic E-state index is 12.0. The van der Waals surface area contributed by atoms with E-state index in [1.807, 2.05) is 0 Å². The minimum atomic E-state index is -0.794. The lowest BCUT2D eigenvalue weighted by Gasteiger charge is -2.18. The van der Waals surface area contributed by atoms with Gasteiger partial charge in [-0.15, -0.1) is 0 Å². The smallest absolute Gasteiger partial charge is 0.306 e. The van der Waals surface area contributed by atoms with Gasteiger partial charge in [0.05, 0.1) is 5.92 Å². The topological polar surface area (TPSA) is 75.6 Å². The summed E-state index contributed by atoms with van der Waals surface area (Å²) in [4.78, 5) is 22.9. The highest BCUT2D eigenvalue weighted by Gasteiger charge is 2.31. The number of carbonyl (C=O) groups excluding carboxylic acids is 1. The van der Waals surface area contributed by atoms with Crippen molar-refractivity contribution in [3.05, 3.63) is 29.3 Å². The Balaban J connectivity index is 1.83. The van der Waals surface area contributed by atoms with Gasteiger partial charge in [-0.2, -0.15) is 0 Å². The molecule has 0 heterocycles. The molecule has 1 saturated carbocycles. The summed E-state index contributed by atoms with van der Waals surface area (Å²) in [6, 6.07) is 6.69. The predicted molar refractivity (Wildman–Crippen MR) is 78.4 cm³/mol. The summed E-state index contributed by atoms with van der Waals surface area (Å²) < 4.78 is 5.53. The zero-order chi connectivity index (χ0) is 15.4. The molecule has 0 bridgehead atoms. The first-order chi connectivity index (χ1) is 9.95. The van der Waals surface area contributed by atoms with E-state index in [4.69, 9.17) is 21.4 Å². The monoisotopic (exact) mass is 311 g/mol. The molecule has 0 spiro atoms. The van der Waals surface area contributed by atoms with E-state index in [2.05, 4.69) is 5.32 Å². The highest BCUT2D eigenvalue weighted by Crippen LogP contribution is 2.25. The molecule has 1 amide bonds. The Morgan fingerprint density at radius 2 is 2.00 bits per heavy atom. The van der Waals surface area contributed by atoms with Crippen LogP contribution in [0.1, 0.15) is 26.2 Å². The molecule has 3 unspecified atom stereocenters. The van der Waals surface area contributed by atoms with E-state index in [-0.39, 0.29) is 17.9 Å². The Bertz CT molecular complexity index is 517. The van der Waals surface area contributed by atoms with Crippen LogP contribution in [0, 0.1) is 5.92 Å². The molecule has 1 aliphatic carbocycles. The number of carboxylic acid groups (broad SMARTS) is 1. The van der Waals surface area contributed by atoms with Crippen molar-refractivity contribution in [3.63, 3.8) is 0 Å². The van der Waals surface area contributed by atoms with E-state index >= 15 is 0 Å². The zero-order valence-electron chi connectivity index (χ0n) is 11.7. The van der Waals surface area contributed by atoms with Crippen molar-refractivity contribution in [3.8, 4) is 5.75 Å². The molecule has 0 saturated heterocycles. The number of carboxylic acids is 1. The van der Waals surface area contributed by atoms with Crippen LogP contribution in [0.4, 0.5) is 0 Å². The third-order valence-electron chi connectivity index (χ3n) is 3.62. The molecule has 3 atom stereocenters.